The van der Waals surface area contributed by atoms with Crippen molar-refractivity contribution in [1.82, 2.24) is 19.9 Å². The van der Waals surface area contributed by atoms with Crippen molar-refractivity contribution in [3.63, 3.8) is 0 Å². The highest BCUT2D eigenvalue weighted by Gasteiger charge is 2.13. The molecule has 2 aromatic heterocycles. The maximum atomic E-state index is 5.86. The van der Waals surface area contributed by atoms with Crippen molar-refractivity contribution in [1.29, 1.82) is 0 Å². The minimum absolute atomic E-state index is 0.227. The fraction of sp³-hybridized carbons (Fsp3) is 0.267. The largest absolute Gasteiger partial charge is 0.482 e. The molecule has 3 aromatic rings. The number of aryl methyl sites for hydroxylation is 2. The van der Waals surface area contributed by atoms with Crippen LogP contribution < -0.4 is 4.74 Å². The van der Waals surface area contributed by atoms with E-state index in [-0.39, 0.29) is 6.61 Å². The fourth-order valence-electron chi connectivity index (χ4n) is 2.12. The number of benzene rings is 1. The molecule has 0 radical (unpaired) electrons. The Morgan fingerprint density at radius 1 is 1.23 bits per heavy atom. The molecule has 0 aliphatic carbocycles. The van der Waals surface area contributed by atoms with Gasteiger partial charge in [-0.3, -0.25) is 4.68 Å². The Morgan fingerprint density at radius 2 is 1.95 bits per heavy atom. The predicted octanol–water partition coefficient (Wildman–Crippen LogP) is 3.32. The topological polar surface area (TPSA) is 66.0 Å². The molecule has 0 N–H and O–H groups in total. The van der Waals surface area contributed by atoms with Gasteiger partial charge in [-0.2, -0.15) is 10.1 Å². The second kappa shape index (κ2) is 5.81. The summed E-state index contributed by atoms with van der Waals surface area (Å²) in [5.41, 5.74) is 2.61. The predicted molar refractivity (Wildman–Crippen MR) is 81.8 cm³/mol. The van der Waals surface area contributed by atoms with E-state index in [4.69, 9.17) is 20.9 Å². The van der Waals surface area contributed by atoms with Crippen LogP contribution >= 0.6 is 11.6 Å². The highest BCUT2D eigenvalue weighted by atomic mass is 35.5. The molecular formula is C15H15ClN4O2. The molecule has 0 aliphatic rings. The average molecular weight is 319 g/mol. The van der Waals surface area contributed by atoms with E-state index in [1.165, 1.54) is 0 Å². The lowest BCUT2D eigenvalue weighted by molar-refractivity contribution is 0.283. The van der Waals surface area contributed by atoms with Crippen LogP contribution in [0.1, 0.15) is 17.2 Å². The van der Waals surface area contributed by atoms with Gasteiger partial charge < -0.3 is 9.26 Å². The summed E-state index contributed by atoms with van der Waals surface area (Å²) in [6.07, 6.45) is 0. The first-order valence-electron chi connectivity index (χ1n) is 6.76. The van der Waals surface area contributed by atoms with E-state index in [2.05, 4.69) is 15.2 Å². The van der Waals surface area contributed by atoms with Crippen LogP contribution in [0.25, 0.3) is 11.5 Å². The molecule has 0 amide bonds. The molecular weight excluding hydrogens is 304 g/mol. The summed E-state index contributed by atoms with van der Waals surface area (Å²) < 4.78 is 12.8. The summed E-state index contributed by atoms with van der Waals surface area (Å²) in [5.74, 6) is 1.67. The Morgan fingerprint density at radius 3 is 2.59 bits per heavy atom. The molecule has 0 saturated carbocycles. The van der Waals surface area contributed by atoms with Crippen molar-refractivity contribution in [3.05, 3.63) is 46.5 Å². The van der Waals surface area contributed by atoms with Gasteiger partial charge >= 0.3 is 0 Å². The minimum Gasteiger partial charge on any atom is -0.482 e. The molecule has 22 heavy (non-hydrogen) atoms. The highest BCUT2D eigenvalue weighted by Crippen LogP contribution is 2.23. The number of aromatic nitrogens is 4. The molecule has 3 rings (SSSR count). The first kappa shape index (κ1) is 14.6. The molecule has 0 aliphatic heterocycles. The van der Waals surface area contributed by atoms with E-state index >= 15 is 0 Å². The standard InChI is InChI=1S/C15H15ClN4O2/c1-9-14(10(2)20(3)18-9)21-8-13-17-15(22-19-13)11-4-6-12(16)7-5-11/h4-7H,8H2,1-3H3. The van der Waals surface area contributed by atoms with Crippen LogP contribution in [0, 0.1) is 13.8 Å². The number of ether oxygens (including phenoxy) is 1. The Kier molecular flexibility index (Phi) is 3.85. The molecule has 2 heterocycles. The second-order valence-electron chi connectivity index (χ2n) is 4.93. The second-order valence-corrected chi connectivity index (χ2v) is 5.37. The van der Waals surface area contributed by atoms with Crippen LogP contribution in [0.2, 0.25) is 5.02 Å². The van der Waals surface area contributed by atoms with E-state index in [0.29, 0.717) is 16.7 Å². The van der Waals surface area contributed by atoms with E-state index < -0.39 is 0 Å². The Bertz CT molecular complexity index is 792. The van der Waals surface area contributed by atoms with Crippen molar-refractivity contribution in [3.8, 4) is 17.2 Å². The zero-order valence-electron chi connectivity index (χ0n) is 12.5. The van der Waals surface area contributed by atoms with Crippen molar-refractivity contribution < 1.29 is 9.26 Å². The van der Waals surface area contributed by atoms with Gasteiger partial charge in [0.15, 0.2) is 12.4 Å². The summed E-state index contributed by atoms with van der Waals surface area (Å²) in [7, 11) is 1.88. The van der Waals surface area contributed by atoms with Gasteiger partial charge in [-0.25, -0.2) is 0 Å². The third-order valence-electron chi connectivity index (χ3n) is 3.35. The molecule has 7 heteroatoms. The van der Waals surface area contributed by atoms with Crippen molar-refractivity contribution in [2.24, 2.45) is 7.05 Å². The van der Waals surface area contributed by atoms with Gasteiger partial charge in [0, 0.05) is 17.6 Å². The first-order chi connectivity index (χ1) is 10.5. The van der Waals surface area contributed by atoms with Crippen LogP contribution in [-0.4, -0.2) is 19.9 Å². The Hall–Kier alpha value is -2.34. The third-order valence-corrected chi connectivity index (χ3v) is 3.60. The third kappa shape index (κ3) is 2.82. The van der Waals surface area contributed by atoms with E-state index in [9.17, 15) is 0 Å². The van der Waals surface area contributed by atoms with Gasteiger partial charge in [0.25, 0.3) is 5.89 Å². The van der Waals surface area contributed by atoms with Crippen LogP contribution in [0.3, 0.4) is 0 Å². The first-order valence-corrected chi connectivity index (χ1v) is 7.14. The lowest BCUT2D eigenvalue weighted by Crippen LogP contribution is -1.99. The fourth-order valence-corrected chi connectivity index (χ4v) is 2.25. The zero-order chi connectivity index (χ0) is 15.7. The van der Waals surface area contributed by atoms with Crippen LogP contribution in [-0.2, 0) is 13.7 Å². The molecule has 0 atom stereocenters. The normalized spacial score (nSPS) is 10.9. The highest BCUT2D eigenvalue weighted by molar-refractivity contribution is 6.30. The summed E-state index contributed by atoms with van der Waals surface area (Å²) in [6.45, 7) is 4.08. The molecule has 0 unspecified atom stereocenters. The molecule has 0 bridgehead atoms. The van der Waals surface area contributed by atoms with Crippen LogP contribution in [0.4, 0.5) is 0 Å². The quantitative estimate of drug-likeness (QED) is 0.738. The number of halogens is 1. The van der Waals surface area contributed by atoms with Crippen molar-refractivity contribution in [2.75, 3.05) is 0 Å². The van der Waals surface area contributed by atoms with Gasteiger partial charge in [0.2, 0.25) is 5.82 Å². The van der Waals surface area contributed by atoms with E-state index in [0.717, 1.165) is 22.7 Å². The summed E-state index contributed by atoms with van der Waals surface area (Å²) in [4.78, 5) is 4.32. The number of hydrogen-bond acceptors (Lipinski definition) is 5. The van der Waals surface area contributed by atoms with Crippen LogP contribution in [0.5, 0.6) is 5.75 Å². The van der Waals surface area contributed by atoms with Gasteiger partial charge in [0.1, 0.15) is 5.69 Å². The lowest BCUT2D eigenvalue weighted by Gasteiger charge is -2.02. The molecule has 0 saturated heterocycles. The summed E-state index contributed by atoms with van der Waals surface area (Å²) in [5, 5.41) is 8.89. The molecule has 0 fully saturated rings. The molecule has 114 valence electrons. The van der Waals surface area contributed by atoms with Gasteiger partial charge in [-0.15, -0.1) is 0 Å². The molecule has 6 nitrogen and oxygen atoms in total. The number of nitrogens with zero attached hydrogens (tertiary/aromatic N) is 4. The zero-order valence-corrected chi connectivity index (χ0v) is 13.3. The van der Waals surface area contributed by atoms with Crippen LogP contribution in [0.15, 0.2) is 28.8 Å². The monoisotopic (exact) mass is 318 g/mol. The maximum absolute atomic E-state index is 5.86. The Balaban J connectivity index is 1.73. The molecule has 1 aromatic carbocycles. The number of hydrogen-bond donors (Lipinski definition) is 0. The summed E-state index contributed by atoms with van der Waals surface area (Å²) in [6, 6.07) is 7.21. The van der Waals surface area contributed by atoms with Gasteiger partial charge in [0.05, 0.1) is 5.69 Å². The average Bonchev–Trinajstić information content (AvgIpc) is 3.05. The van der Waals surface area contributed by atoms with E-state index in [1.807, 2.05) is 33.0 Å². The smallest absolute Gasteiger partial charge is 0.258 e. The van der Waals surface area contributed by atoms with Gasteiger partial charge in [-0.05, 0) is 38.1 Å². The minimum atomic E-state index is 0.227. The van der Waals surface area contributed by atoms with Gasteiger partial charge in [-0.1, -0.05) is 16.8 Å². The molecule has 0 spiro atoms. The van der Waals surface area contributed by atoms with E-state index in [1.54, 1.807) is 16.8 Å². The lowest BCUT2D eigenvalue weighted by atomic mass is 10.2. The maximum Gasteiger partial charge on any atom is 0.258 e. The summed E-state index contributed by atoms with van der Waals surface area (Å²) >= 11 is 5.86. The SMILES string of the molecule is Cc1nn(C)c(C)c1OCc1noc(-c2ccc(Cl)cc2)n1. The van der Waals surface area contributed by atoms with Crippen molar-refractivity contribution >= 4 is 11.6 Å². The van der Waals surface area contributed by atoms with Crippen molar-refractivity contribution in [2.45, 2.75) is 20.5 Å². The number of rotatable bonds is 4. The Labute approximate surface area is 132 Å².